The van der Waals surface area contributed by atoms with Crippen molar-refractivity contribution in [2.75, 3.05) is 13.2 Å². The van der Waals surface area contributed by atoms with Crippen LogP contribution in [0.25, 0.3) is 33.5 Å². The highest BCUT2D eigenvalue weighted by molar-refractivity contribution is 6.76. The van der Waals surface area contributed by atoms with Gasteiger partial charge in [-0.3, -0.25) is 4.57 Å². The van der Waals surface area contributed by atoms with Gasteiger partial charge >= 0.3 is 6.01 Å². The highest BCUT2D eigenvalue weighted by atomic mass is 35.5. The van der Waals surface area contributed by atoms with E-state index in [9.17, 15) is 5.11 Å². The normalized spacial score (nSPS) is 19.5. The Hall–Kier alpha value is -2.58. The van der Waals surface area contributed by atoms with Gasteiger partial charge in [0.2, 0.25) is 0 Å². The number of hydrogen-bond donors (Lipinski definition) is 1. The number of aliphatic hydroxyl groups is 1. The fourth-order valence-electron chi connectivity index (χ4n) is 6.31. The zero-order chi connectivity index (χ0) is 34.5. The molecule has 8 nitrogen and oxygen atoms in total. The van der Waals surface area contributed by atoms with Gasteiger partial charge in [-0.05, 0) is 48.3 Å². The molecular formula is C37H52ClN3O5Si2. The molecule has 48 heavy (non-hydrogen) atoms. The van der Waals surface area contributed by atoms with Gasteiger partial charge in [0.15, 0.2) is 14.0 Å². The minimum absolute atomic E-state index is 0.265. The summed E-state index contributed by atoms with van der Waals surface area (Å²) in [5.74, 6) is 0. The molecule has 5 rings (SSSR count). The molecule has 0 aliphatic carbocycles. The van der Waals surface area contributed by atoms with Crippen LogP contribution in [0, 0.1) is 0 Å². The number of benzene rings is 2. The first-order valence-corrected chi connectivity index (χ1v) is 24.0. The zero-order valence-corrected chi connectivity index (χ0v) is 32.3. The molecule has 11 heteroatoms. The molecule has 260 valence electrons. The number of ether oxygens (including phenoxy) is 3. The second kappa shape index (κ2) is 16.0. The Balaban J connectivity index is 1.44. The van der Waals surface area contributed by atoms with Gasteiger partial charge in [0.05, 0.1) is 35.0 Å². The van der Waals surface area contributed by atoms with E-state index in [-0.39, 0.29) is 18.9 Å². The van der Waals surface area contributed by atoms with Crippen molar-refractivity contribution in [3.8, 4) is 28.4 Å². The molecule has 1 aliphatic rings. The lowest BCUT2D eigenvalue weighted by molar-refractivity contribution is -0.148. The van der Waals surface area contributed by atoms with E-state index in [4.69, 9.17) is 40.2 Å². The van der Waals surface area contributed by atoms with Crippen LogP contribution in [0.2, 0.25) is 48.8 Å². The van der Waals surface area contributed by atoms with Gasteiger partial charge in [-0.1, -0.05) is 107 Å². The van der Waals surface area contributed by atoms with E-state index in [2.05, 4.69) is 64.7 Å². The number of nitrogens with zero attached hydrogens (tertiary/aromatic N) is 3. The standard InChI is InChI=1S/C37H52ClN3O5Si2/c1-8-48(9-2,10-3)46-33-22-30(24-44-35(33)26(4)42)45-37-40-36-32(41(37)25-43-20-21-47(5,6)7)23-31(38)34(39-36)29-18-16-28(17-19-29)27-14-12-11-13-15-27/h11-19,23,26,30,33,35,42H,8-10,20-22,24-25H2,1-7H3/t26?,30-,33+,35-/m1/s1. The third-order valence-corrected chi connectivity index (χ3v) is 16.2. The lowest BCUT2D eigenvalue weighted by Gasteiger charge is -2.42. The molecule has 2 aromatic heterocycles. The second-order valence-electron chi connectivity index (χ2n) is 14.2. The van der Waals surface area contributed by atoms with E-state index in [0.29, 0.717) is 42.0 Å². The molecule has 3 heterocycles. The van der Waals surface area contributed by atoms with Crippen LogP contribution < -0.4 is 4.74 Å². The molecule has 1 unspecified atom stereocenters. The topological polar surface area (TPSA) is 87.9 Å². The van der Waals surface area contributed by atoms with Crippen LogP contribution in [0.1, 0.15) is 34.1 Å². The molecule has 4 aromatic rings. The number of aromatic nitrogens is 3. The maximum atomic E-state index is 10.6. The van der Waals surface area contributed by atoms with Crippen LogP contribution in [-0.4, -0.2) is 73.7 Å². The molecule has 0 bridgehead atoms. The molecule has 2 aromatic carbocycles. The van der Waals surface area contributed by atoms with Crippen molar-refractivity contribution < 1.29 is 23.7 Å². The van der Waals surface area contributed by atoms with E-state index >= 15 is 0 Å². The van der Waals surface area contributed by atoms with E-state index < -0.39 is 28.6 Å². The summed E-state index contributed by atoms with van der Waals surface area (Å²) in [6.45, 7) is 16.7. The van der Waals surface area contributed by atoms with Gasteiger partial charge in [0.1, 0.15) is 18.9 Å². The van der Waals surface area contributed by atoms with Crippen LogP contribution in [0.5, 0.6) is 6.01 Å². The molecular weight excluding hydrogens is 658 g/mol. The smallest absolute Gasteiger partial charge is 0.301 e. The van der Waals surface area contributed by atoms with E-state index in [1.165, 1.54) is 0 Å². The van der Waals surface area contributed by atoms with E-state index in [1.54, 1.807) is 6.92 Å². The largest absolute Gasteiger partial charge is 0.459 e. The molecule has 0 spiro atoms. The molecule has 1 fully saturated rings. The Bertz CT molecular complexity index is 1620. The molecule has 1 saturated heterocycles. The summed E-state index contributed by atoms with van der Waals surface area (Å²) in [6, 6.07) is 24.9. The van der Waals surface area contributed by atoms with Crippen LogP contribution in [0.3, 0.4) is 0 Å². The van der Waals surface area contributed by atoms with Gasteiger partial charge < -0.3 is 23.7 Å². The third kappa shape index (κ3) is 8.77. The molecule has 0 saturated carbocycles. The summed E-state index contributed by atoms with van der Waals surface area (Å²) in [5, 5.41) is 11.1. The number of halogens is 1. The Morgan fingerprint density at radius 1 is 0.958 bits per heavy atom. The lowest BCUT2D eigenvalue weighted by atomic mass is 10.00. The fourth-order valence-corrected chi connectivity index (χ4v) is 10.2. The fraction of sp³-hybridized carbons (Fsp3) is 0.514. The summed E-state index contributed by atoms with van der Waals surface area (Å²) in [6.07, 6.45) is -1.04. The first-order valence-electron chi connectivity index (χ1n) is 17.4. The van der Waals surface area contributed by atoms with Crippen LogP contribution in [-0.2, 0) is 20.6 Å². The van der Waals surface area contributed by atoms with Crippen LogP contribution in [0.4, 0.5) is 0 Å². The van der Waals surface area contributed by atoms with Gasteiger partial charge in [0.25, 0.3) is 0 Å². The van der Waals surface area contributed by atoms with E-state index in [0.717, 1.165) is 46.4 Å². The number of imidazole rings is 1. The number of hydrogen-bond acceptors (Lipinski definition) is 7. The van der Waals surface area contributed by atoms with Crippen molar-refractivity contribution in [1.29, 1.82) is 0 Å². The van der Waals surface area contributed by atoms with Gasteiger partial charge in [-0.2, -0.15) is 4.98 Å². The number of rotatable bonds is 15. The summed E-state index contributed by atoms with van der Waals surface area (Å²) < 4.78 is 27.8. The second-order valence-corrected chi connectivity index (χ2v) is 24.9. The maximum absolute atomic E-state index is 10.6. The highest BCUT2D eigenvalue weighted by Crippen LogP contribution is 2.35. The minimum Gasteiger partial charge on any atom is -0.459 e. The quantitative estimate of drug-likeness (QED) is 0.0974. The third-order valence-electron chi connectivity index (χ3n) is 9.56. The monoisotopic (exact) mass is 709 g/mol. The van der Waals surface area contributed by atoms with Crippen molar-refractivity contribution >= 4 is 39.2 Å². The average Bonchev–Trinajstić information content (AvgIpc) is 3.40. The predicted molar refractivity (Wildman–Crippen MR) is 200 cm³/mol. The van der Waals surface area contributed by atoms with Gasteiger partial charge in [0, 0.05) is 26.7 Å². The lowest BCUT2D eigenvalue weighted by Crippen LogP contribution is -2.54. The number of aliphatic hydroxyl groups excluding tert-OH is 1. The molecule has 0 radical (unpaired) electrons. The van der Waals surface area contributed by atoms with Crippen molar-refractivity contribution in [3.05, 3.63) is 65.7 Å². The van der Waals surface area contributed by atoms with Crippen molar-refractivity contribution in [1.82, 2.24) is 14.5 Å². The van der Waals surface area contributed by atoms with Gasteiger partial charge in [-0.15, -0.1) is 0 Å². The first kappa shape index (κ1) is 36.7. The van der Waals surface area contributed by atoms with Crippen molar-refractivity contribution in [2.45, 2.75) is 109 Å². The predicted octanol–water partition coefficient (Wildman–Crippen LogP) is 9.04. The Kier molecular flexibility index (Phi) is 12.2. The Labute approximate surface area is 292 Å². The SMILES string of the molecule is CC[Si](CC)(CC)O[C@H]1C[C@@H](Oc2nc3nc(-c4ccc(-c5ccccc5)cc4)c(Cl)cc3n2COCC[Si](C)(C)C)CO[C@@H]1C(C)O. The summed E-state index contributed by atoms with van der Waals surface area (Å²) >= 11 is 6.92. The molecule has 1 aliphatic heterocycles. The van der Waals surface area contributed by atoms with Crippen LogP contribution in [0.15, 0.2) is 60.7 Å². The molecule has 4 atom stereocenters. The first-order chi connectivity index (χ1) is 23.0. The van der Waals surface area contributed by atoms with Crippen molar-refractivity contribution in [2.24, 2.45) is 0 Å². The number of fused-ring (bicyclic) bond motifs is 1. The minimum atomic E-state index is -1.97. The van der Waals surface area contributed by atoms with Gasteiger partial charge in [-0.25, -0.2) is 4.98 Å². The highest BCUT2D eigenvalue weighted by Gasteiger charge is 2.42. The van der Waals surface area contributed by atoms with E-state index in [1.807, 2.05) is 41.0 Å². The Morgan fingerprint density at radius 2 is 1.60 bits per heavy atom. The Morgan fingerprint density at radius 3 is 2.23 bits per heavy atom. The average molecular weight is 710 g/mol. The molecule has 1 N–H and O–H groups in total. The van der Waals surface area contributed by atoms with Crippen LogP contribution >= 0.6 is 11.6 Å². The molecule has 0 amide bonds. The number of pyridine rings is 1. The summed E-state index contributed by atoms with van der Waals surface area (Å²) in [7, 11) is -3.24. The van der Waals surface area contributed by atoms with Crippen molar-refractivity contribution in [3.63, 3.8) is 0 Å². The summed E-state index contributed by atoms with van der Waals surface area (Å²) in [4.78, 5) is 9.84. The summed E-state index contributed by atoms with van der Waals surface area (Å²) in [5.41, 5.74) is 5.12. The zero-order valence-electron chi connectivity index (χ0n) is 29.5. The maximum Gasteiger partial charge on any atom is 0.301 e.